The first-order chi connectivity index (χ1) is 10.0. The molecule has 1 aliphatic carbocycles. The number of alkyl halides is 1. The Morgan fingerprint density at radius 2 is 1.81 bits per heavy atom. The fourth-order valence-electron chi connectivity index (χ4n) is 3.21. The van der Waals surface area contributed by atoms with Crippen LogP contribution in [0.15, 0.2) is 16.6 Å². The zero-order valence-electron chi connectivity index (χ0n) is 13.0. The molecular weight excluding hydrogens is 396 g/mol. The predicted molar refractivity (Wildman–Crippen MR) is 94.5 cm³/mol. The molecule has 2 nitrogen and oxygen atoms in total. The minimum Gasteiger partial charge on any atom is -0.490 e. The standard InChI is InChI=1S/C17H24Br2O2/c1-4-20-16-9-13(10-18)8-15(19)17(16)21-14-6-11(2)5-12(3)7-14/h8-9,11-12,14H,4-7,10H2,1-3H3. The van der Waals surface area contributed by atoms with E-state index < -0.39 is 0 Å². The Balaban J connectivity index is 2.21. The van der Waals surface area contributed by atoms with Crippen LogP contribution in [0.5, 0.6) is 11.5 Å². The summed E-state index contributed by atoms with van der Waals surface area (Å²) in [6.07, 6.45) is 3.85. The lowest BCUT2D eigenvalue weighted by molar-refractivity contribution is 0.0964. The third-order valence-electron chi connectivity index (χ3n) is 3.94. The van der Waals surface area contributed by atoms with Crippen molar-refractivity contribution in [2.75, 3.05) is 6.61 Å². The predicted octanol–water partition coefficient (Wildman–Crippen LogP) is 5.95. The molecule has 2 rings (SSSR count). The van der Waals surface area contributed by atoms with Crippen molar-refractivity contribution < 1.29 is 9.47 Å². The maximum Gasteiger partial charge on any atom is 0.175 e. The van der Waals surface area contributed by atoms with Crippen molar-refractivity contribution in [3.05, 3.63) is 22.2 Å². The number of rotatable bonds is 5. The summed E-state index contributed by atoms with van der Waals surface area (Å²) in [6.45, 7) is 7.28. The second-order valence-corrected chi connectivity index (χ2v) is 7.54. The zero-order chi connectivity index (χ0) is 15.4. The van der Waals surface area contributed by atoms with Crippen molar-refractivity contribution in [2.24, 2.45) is 11.8 Å². The van der Waals surface area contributed by atoms with Gasteiger partial charge in [0.1, 0.15) is 0 Å². The van der Waals surface area contributed by atoms with Gasteiger partial charge in [-0.25, -0.2) is 0 Å². The molecule has 4 heteroatoms. The van der Waals surface area contributed by atoms with Crippen LogP contribution in [-0.4, -0.2) is 12.7 Å². The van der Waals surface area contributed by atoms with E-state index in [0.29, 0.717) is 6.61 Å². The normalized spacial score (nSPS) is 25.7. The summed E-state index contributed by atoms with van der Waals surface area (Å²) >= 11 is 7.14. The molecule has 0 aliphatic heterocycles. The summed E-state index contributed by atoms with van der Waals surface area (Å²) in [5.41, 5.74) is 1.18. The van der Waals surface area contributed by atoms with Gasteiger partial charge in [0.2, 0.25) is 0 Å². The highest BCUT2D eigenvalue weighted by Gasteiger charge is 2.27. The summed E-state index contributed by atoms with van der Waals surface area (Å²) in [5, 5.41) is 0.809. The molecule has 21 heavy (non-hydrogen) atoms. The Labute approximate surface area is 144 Å². The van der Waals surface area contributed by atoms with E-state index in [1.165, 1.54) is 12.0 Å². The molecule has 0 bridgehead atoms. The van der Waals surface area contributed by atoms with Gasteiger partial charge in [-0.15, -0.1) is 0 Å². The monoisotopic (exact) mass is 418 g/mol. The minimum atomic E-state index is 0.286. The van der Waals surface area contributed by atoms with Gasteiger partial charge < -0.3 is 9.47 Å². The molecular formula is C17H24Br2O2. The van der Waals surface area contributed by atoms with E-state index in [9.17, 15) is 0 Å². The van der Waals surface area contributed by atoms with Crippen LogP contribution in [0, 0.1) is 11.8 Å². The maximum absolute atomic E-state index is 6.32. The van der Waals surface area contributed by atoms with Gasteiger partial charge in [0, 0.05) is 5.33 Å². The molecule has 0 amide bonds. The average molecular weight is 420 g/mol. The molecule has 0 aromatic heterocycles. The molecule has 118 valence electrons. The number of hydrogen-bond donors (Lipinski definition) is 0. The zero-order valence-corrected chi connectivity index (χ0v) is 16.2. The molecule has 0 N–H and O–H groups in total. The molecule has 0 saturated heterocycles. The number of hydrogen-bond acceptors (Lipinski definition) is 2. The Bertz CT molecular complexity index is 466. The first-order valence-corrected chi connectivity index (χ1v) is 9.62. The Morgan fingerprint density at radius 1 is 1.14 bits per heavy atom. The number of benzene rings is 1. The summed E-state index contributed by atoms with van der Waals surface area (Å²) in [5.74, 6) is 3.16. The van der Waals surface area contributed by atoms with Crippen molar-refractivity contribution in [3.63, 3.8) is 0 Å². The van der Waals surface area contributed by atoms with Crippen molar-refractivity contribution in [1.29, 1.82) is 0 Å². The van der Waals surface area contributed by atoms with Gasteiger partial charge in [-0.1, -0.05) is 29.8 Å². The van der Waals surface area contributed by atoms with Crippen LogP contribution < -0.4 is 9.47 Å². The van der Waals surface area contributed by atoms with Crippen LogP contribution >= 0.6 is 31.9 Å². The fraction of sp³-hybridized carbons (Fsp3) is 0.647. The summed E-state index contributed by atoms with van der Waals surface area (Å²) < 4.78 is 13.1. The fourth-order valence-corrected chi connectivity index (χ4v) is 4.12. The maximum atomic E-state index is 6.32. The van der Waals surface area contributed by atoms with Gasteiger partial charge in [-0.05, 0) is 71.6 Å². The molecule has 1 aromatic rings. The van der Waals surface area contributed by atoms with Gasteiger partial charge in [-0.2, -0.15) is 0 Å². The molecule has 1 saturated carbocycles. The van der Waals surface area contributed by atoms with Crippen LogP contribution in [0.25, 0.3) is 0 Å². The van der Waals surface area contributed by atoms with E-state index >= 15 is 0 Å². The van der Waals surface area contributed by atoms with E-state index in [1.54, 1.807) is 0 Å². The second kappa shape index (κ2) is 7.87. The highest BCUT2D eigenvalue weighted by molar-refractivity contribution is 9.10. The molecule has 2 atom stereocenters. The van der Waals surface area contributed by atoms with E-state index in [1.807, 2.05) is 6.92 Å². The van der Waals surface area contributed by atoms with Crippen LogP contribution in [0.3, 0.4) is 0 Å². The van der Waals surface area contributed by atoms with Crippen LogP contribution in [-0.2, 0) is 5.33 Å². The average Bonchev–Trinajstić information content (AvgIpc) is 2.41. The molecule has 0 spiro atoms. The molecule has 0 heterocycles. The van der Waals surface area contributed by atoms with Crippen molar-refractivity contribution in [3.8, 4) is 11.5 Å². The quantitative estimate of drug-likeness (QED) is 0.549. The first kappa shape index (κ1) is 17.1. The topological polar surface area (TPSA) is 18.5 Å². The Morgan fingerprint density at radius 3 is 2.38 bits per heavy atom. The van der Waals surface area contributed by atoms with E-state index in [2.05, 4.69) is 57.8 Å². The molecule has 1 aromatic carbocycles. The highest BCUT2D eigenvalue weighted by atomic mass is 79.9. The highest BCUT2D eigenvalue weighted by Crippen LogP contribution is 2.40. The van der Waals surface area contributed by atoms with Crippen LogP contribution in [0.4, 0.5) is 0 Å². The van der Waals surface area contributed by atoms with E-state index in [4.69, 9.17) is 9.47 Å². The smallest absolute Gasteiger partial charge is 0.175 e. The lowest BCUT2D eigenvalue weighted by Crippen LogP contribution is -2.28. The van der Waals surface area contributed by atoms with E-state index in [0.717, 1.165) is 46.0 Å². The molecule has 0 radical (unpaired) electrons. The van der Waals surface area contributed by atoms with Crippen molar-refractivity contribution in [1.82, 2.24) is 0 Å². The van der Waals surface area contributed by atoms with Gasteiger partial charge in [-0.3, -0.25) is 0 Å². The van der Waals surface area contributed by atoms with Gasteiger partial charge in [0.15, 0.2) is 11.5 Å². The van der Waals surface area contributed by atoms with Crippen molar-refractivity contribution >= 4 is 31.9 Å². The number of ether oxygens (including phenoxy) is 2. The lowest BCUT2D eigenvalue weighted by Gasteiger charge is -2.32. The summed E-state index contributed by atoms with van der Waals surface area (Å²) in [4.78, 5) is 0. The minimum absolute atomic E-state index is 0.286. The van der Waals surface area contributed by atoms with E-state index in [-0.39, 0.29) is 6.10 Å². The van der Waals surface area contributed by atoms with Crippen LogP contribution in [0.1, 0.15) is 45.6 Å². The van der Waals surface area contributed by atoms with Crippen LogP contribution in [0.2, 0.25) is 0 Å². The molecule has 2 unspecified atom stereocenters. The number of halogens is 2. The third kappa shape index (κ3) is 4.62. The second-order valence-electron chi connectivity index (χ2n) is 6.13. The summed E-state index contributed by atoms with van der Waals surface area (Å²) in [6, 6.07) is 4.16. The lowest BCUT2D eigenvalue weighted by atomic mass is 9.82. The van der Waals surface area contributed by atoms with Gasteiger partial charge in [0.25, 0.3) is 0 Å². The third-order valence-corrected chi connectivity index (χ3v) is 5.18. The van der Waals surface area contributed by atoms with Gasteiger partial charge >= 0.3 is 0 Å². The SMILES string of the molecule is CCOc1cc(CBr)cc(Br)c1OC1CC(C)CC(C)C1. The summed E-state index contributed by atoms with van der Waals surface area (Å²) in [7, 11) is 0. The molecule has 1 aliphatic rings. The van der Waals surface area contributed by atoms with Gasteiger partial charge in [0.05, 0.1) is 17.2 Å². The first-order valence-electron chi connectivity index (χ1n) is 7.71. The van der Waals surface area contributed by atoms with Crippen molar-refractivity contribution in [2.45, 2.75) is 51.5 Å². The Kier molecular flexibility index (Phi) is 6.42. The largest absolute Gasteiger partial charge is 0.490 e. The Hall–Kier alpha value is -0.220. The molecule has 1 fully saturated rings.